The number of hydrogen-bond donors (Lipinski definition) is 0. The molecular weight excluding hydrogens is 140 g/mol. The number of ether oxygens (including phenoxy) is 1. The summed E-state index contributed by atoms with van der Waals surface area (Å²) in [5.41, 5.74) is -0.0422. The molecule has 0 aromatic rings. The number of carbonyl (C=O) groups excluding carboxylic acids is 1. The first-order valence-corrected chi connectivity index (χ1v) is 4.35. The maximum Gasteiger partial charge on any atom is 0.311 e. The molecule has 2 heteroatoms. The molecule has 0 saturated heterocycles. The molecule has 0 spiro atoms. The third kappa shape index (κ3) is 0.883. The maximum absolute atomic E-state index is 11.4. The van der Waals surface area contributed by atoms with Gasteiger partial charge in [0.25, 0.3) is 0 Å². The van der Waals surface area contributed by atoms with Crippen molar-refractivity contribution < 1.29 is 9.53 Å². The van der Waals surface area contributed by atoms with Gasteiger partial charge in [0.15, 0.2) is 0 Å². The van der Waals surface area contributed by atoms with Gasteiger partial charge in [0, 0.05) is 0 Å². The van der Waals surface area contributed by atoms with Gasteiger partial charge < -0.3 is 4.74 Å². The van der Waals surface area contributed by atoms with Gasteiger partial charge in [-0.3, -0.25) is 4.79 Å². The summed E-state index contributed by atoms with van der Waals surface area (Å²) in [7, 11) is 1.50. The average Bonchev–Trinajstić information content (AvgIpc) is 2.62. The van der Waals surface area contributed by atoms with Gasteiger partial charge in [-0.1, -0.05) is 0 Å². The Morgan fingerprint density at radius 2 is 2.09 bits per heavy atom. The van der Waals surface area contributed by atoms with Gasteiger partial charge in [-0.15, -0.1) is 0 Å². The Labute approximate surface area is 66.9 Å². The summed E-state index contributed by atoms with van der Waals surface area (Å²) in [4.78, 5) is 11.4. The predicted octanol–water partition coefficient (Wildman–Crippen LogP) is 1.74. The number of methoxy groups -OCH3 is 1. The maximum atomic E-state index is 11.4. The molecule has 2 bridgehead atoms. The molecule has 0 aliphatic heterocycles. The van der Waals surface area contributed by atoms with Crippen molar-refractivity contribution in [2.24, 2.45) is 11.3 Å². The Morgan fingerprint density at radius 3 is 2.45 bits per heavy atom. The van der Waals surface area contributed by atoms with Crippen LogP contribution in [0.15, 0.2) is 0 Å². The van der Waals surface area contributed by atoms with Gasteiger partial charge in [-0.25, -0.2) is 0 Å². The third-order valence-electron chi connectivity index (χ3n) is 3.36. The van der Waals surface area contributed by atoms with E-state index < -0.39 is 0 Å². The molecule has 11 heavy (non-hydrogen) atoms. The molecule has 2 aliphatic rings. The Hall–Kier alpha value is -0.530. The molecule has 62 valence electrons. The molecule has 0 heterocycles. The number of rotatable bonds is 1. The van der Waals surface area contributed by atoms with Gasteiger partial charge in [0.05, 0.1) is 12.5 Å². The highest BCUT2D eigenvalue weighted by Gasteiger charge is 2.50. The van der Waals surface area contributed by atoms with Crippen molar-refractivity contribution in [1.82, 2.24) is 0 Å². The minimum Gasteiger partial charge on any atom is -0.469 e. The second kappa shape index (κ2) is 2.23. The molecular formula is C9H14O2. The van der Waals surface area contributed by atoms with Crippen LogP contribution in [-0.4, -0.2) is 13.1 Å². The van der Waals surface area contributed by atoms with Crippen LogP contribution < -0.4 is 0 Å². The zero-order valence-corrected chi connectivity index (χ0v) is 6.93. The van der Waals surface area contributed by atoms with Gasteiger partial charge in [0.1, 0.15) is 0 Å². The second-order valence-corrected chi connectivity index (χ2v) is 3.92. The van der Waals surface area contributed by atoms with Crippen LogP contribution in [0, 0.1) is 11.3 Å². The Morgan fingerprint density at radius 1 is 1.45 bits per heavy atom. The molecule has 0 aromatic carbocycles. The van der Waals surface area contributed by atoms with Crippen molar-refractivity contribution in [3.63, 3.8) is 0 Å². The van der Waals surface area contributed by atoms with E-state index in [-0.39, 0.29) is 11.4 Å². The van der Waals surface area contributed by atoms with Crippen LogP contribution in [0.3, 0.4) is 0 Å². The molecule has 0 N–H and O–H groups in total. The monoisotopic (exact) mass is 154 g/mol. The lowest BCUT2D eigenvalue weighted by molar-refractivity contribution is -0.152. The highest BCUT2D eigenvalue weighted by Crippen LogP contribution is 2.54. The van der Waals surface area contributed by atoms with Crippen LogP contribution in [0.4, 0.5) is 0 Å². The van der Waals surface area contributed by atoms with Gasteiger partial charge in [-0.05, 0) is 38.0 Å². The van der Waals surface area contributed by atoms with E-state index in [9.17, 15) is 4.79 Å². The molecule has 2 aliphatic carbocycles. The lowest BCUT2D eigenvalue weighted by Crippen LogP contribution is -2.27. The zero-order valence-electron chi connectivity index (χ0n) is 6.93. The van der Waals surface area contributed by atoms with Crippen molar-refractivity contribution in [2.75, 3.05) is 7.11 Å². The molecule has 0 atom stereocenters. The quantitative estimate of drug-likeness (QED) is 0.538. The molecule has 2 fully saturated rings. The first-order chi connectivity index (χ1) is 5.27. The van der Waals surface area contributed by atoms with Crippen molar-refractivity contribution in [3.05, 3.63) is 0 Å². The van der Waals surface area contributed by atoms with Crippen molar-refractivity contribution >= 4 is 5.97 Å². The summed E-state index contributed by atoms with van der Waals surface area (Å²) in [6, 6.07) is 0. The summed E-state index contributed by atoms with van der Waals surface area (Å²) in [6.07, 6.45) is 5.73. The number of hydrogen-bond acceptors (Lipinski definition) is 2. The highest BCUT2D eigenvalue weighted by molar-refractivity contribution is 5.77. The van der Waals surface area contributed by atoms with E-state index in [1.807, 2.05) is 0 Å². The minimum atomic E-state index is -0.0422. The standard InChI is InChI=1S/C9H14O2/c1-11-8(10)9-4-2-7(6-9)3-5-9/h7H,2-6H2,1H3. The number of carbonyl (C=O) groups is 1. The average molecular weight is 154 g/mol. The van der Waals surface area contributed by atoms with Crippen molar-refractivity contribution in [3.8, 4) is 0 Å². The largest absolute Gasteiger partial charge is 0.469 e. The van der Waals surface area contributed by atoms with Crippen LogP contribution in [0.1, 0.15) is 32.1 Å². The Bertz CT molecular complexity index is 178. The fourth-order valence-electron chi connectivity index (χ4n) is 2.69. The molecule has 0 amide bonds. The Balaban J connectivity index is 2.16. The molecule has 0 radical (unpaired) electrons. The van der Waals surface area contributed by atoms with Gasteiger partial charge in [-0.2, -0.15) is 0 Å². The van der Waals surface area contributed by atoms with E-state index in [0.29, 0.717) is 0 Å². The fourth-order valence-corrected chi connectivity index (χ4v) is 2.69. The van der Waals surface area contributed by atoms with Crippen LogP contribution in [0.2, 0.25) is 0 Å². The number of fused-ring (bicyclic) bond motifs is 2. The van der Waals surface area contributed by atoms with Crippen LogP contribution in [0.5, 0.6) is 0 Å². The van der Waals surface area contributed by atoms with Crippen LogP contribution in [-0.2, 0) is 9.53 Å². The van der Waals surface area contributed by atoms with E-state index in [0.717, 1.165) is 25.2 Å². The van der Waals surface area contributed by atoms with E-state index in [2.05, 4.69) is 0 Å². The molecule has 2 rings (SSSR count). The summed E-state index contributed by atoms with van der Waals surface area (Å²) >= 11 is 0. The van der Waals surface area contributed by atoms with E-state index in [4.69, 9.17) is 4.74 Å². The van der Waals surface area contributed by atoms with Crippen LogP contribution >= 0.6 is 0 Å². The third-order valence-corrected chi connectivity index (χ3v) is 3.36. The molecule has 0 unspecified atom stereocenters. The number of esters is 1. The van der Waals surface area contributed by atoms with E-state index in [1.54, 1.807) is 0 Å². The lowest BCUT2D eigenvalue weighted by Gasteiger charge is -2.22. The summed E-state index contributed by atoms with van der Waals surface area (Å²) < 4.78 is 4.82. The molecule has 2 saturated carbocycles. The topological polar surface area (TPSA) is 26.3 Å². The van der Waals surface area contributed by atoms with Gasteiger partial charge in [0.2, 0.25) is 0 Å². The molecule has 0 aromatic heterocycles. The second-order valence-electron chi connectivity index (χ2n) is 3.92. The van der Waals surface area contributed by atoms with Gasteiger partial charge >= 0.3 is 5.97 Å². The van der Waals surface area contributed by atoms with Crippen LogP contribution in [0.25, 0.3) is 0 Å². The SMILES string of the molecule is COC(=O)C12CCC(CC1)C2. The summed E-state index contributed by atoms with van der Waals surface area (Å²) in [5.74, 6) is 0.867. The first-order valence-electron chi connectivity index (χ1n) is 4.35. The fraction of sp³-hybridized carbons (Fsp3) is 0.889. The smallest absolute Gasteiger partial charge is 0.311 e. The van der Waals surface area contributed by atoms with Crippen molar-refractivity contribution in [2.45, 2.75) is 32.1 Å². The first kappa shape index (κ1) is 7.14. The Kier molecular flexibility index (Phi) is 1.44. The lowest BCUT2D eigenvalue weighted by atomic mass is 9.84. The zero-order chi connectivity index (χ0) is 7.90. The van der Waals surface area contributed by atoms with E-state index >= 15 is 0 Å². The highest BCUT2D eigenvalue weighted by atomic mass is 16.5. The molecule has 2 nitrogen and oxygen atoms in total. The predicted molar refractivity (Wildman–Crippen MR) is 41.0 cm³/mol. The van der Waals surface area contributed by atoms with Crippen molar-refractivity contribution in [1.29, 1.82) is 0 Å². The van der Waals surface area contributed by atoms with E-state index in [1.165, 1.54) is 20.0 Å². The summed E-state index contributed by atoms with van der Waals surface area (Å²) in [6.45, 7) is 0. The summed E-state index contributed by atoms with van der Waals surface area (Å²) in [5, 5.41) is 0. The minimum absolute atomic E-state index is 0.0394. The normalized spacial score (nSPS) is 41.0.